The lowest BCUT2D eigenvalue weighted by Gasteiger charge is -2.41. The van der Waals surface area contributed by atoms with Crippen LogP contribution in [-0.2, 0) is 14.4 Å². The van der Waals surface area contributed by atoms with Gasteiger partial charge in [0.1, 0.15) is 11.5 Å². The standard InChI is InChI=1S/C21H22O8/c1-2-3-14-20(17(22)23,18(24)25)21(19(26)27,28-15-10-6-4-7-11-15)29-16-12-8-5-9-13-16/h4-13H,2-3,14H2,1H3,(H,22,23)(H,24,25)(H,26,27). The lowest BCUT2D eigenvalue weighted by atomic mass is 9.74. The number of aliphatic carboxylic acids is 3. The van der Waals surface area contributed by atoms with Gasteiger partial charge in [0.2, 0.25) is 0 Å². The summed E-state index contributed by atoms with van der Waals surface area (Å²) in [4.78, 5) is 37.1. The largest absolute Gasteiger partial charge is 0.480 e. The van der Waals surface area contributed by atoms with Gasteiger partial charge in [-0.1, -0.05) is 56.2 Å². The minimum Gasteiger partial charge on any atom is -0.480 e. The Morgan fingerprint density at radius 1 is 0.759 bits per heavy atom. The van der Waals surface area contributed by atoms with E-state index in [0.29, 0.717) is 6.42 Å². The summed E-state index contributed by atoms with van der Waals surface area (Å²) in [6, 6.07) is 15.0. The van der Waals surface area contributed by atoms with Crippen LogP contribution in [0.1, 0.15) is 26.2 Å². The number of hydrogen-bond donors (Lipinski definition) is 3. The number of hydrogen-bond acceptors (Lipinski definition) is 5. The Labute approximate surface area is 167 Å². The smallest absolute Gasteiger partial charge is 0.392 e. The highest BCUT2D eigenvalue weighted by Gasteiger charge is 2.72. The van der Waals surface area contributed by atoms with Crippen LogP contribution in [0.2, 0.25) is 0 Å². The fourth-order valence-electron chi connectivity index (χ4n) is 2.97. The van der Waals surface area contributed by atoms with Crippen LogP contribution in [0.25, 0.3) is 0 Å². The predicted octanol–water partition coefficient (Wildman–Crippen LogP) is 3.27. The van der Waals surface area contributed by atoms with Crippen LogP contribution in [0.15, 0.2) is 60.7 Å². The third-order valence-corrected chi connectivity index (χ3v) is 4.49. The summed E-state index contributed by atoms with van der Waals surface area (Å²) in [5.74, 6) is -8.77. The highest BCUT2D eigenvalue weighted by atomic mass is 16.7. The van der Waals surface area contributed by atoms with E-state index >= 15 is 0 Å². The number of carboxylic acids is 3. The zero-order valence-corrected chi connectivity index (χ0v) is 15.8. The highest BCUT2D eigenvalue weighted by Crippen LogP contribution is 2.43. The minimum absolute atomic E-state index is 0.0470. The van der Waals surface area contributed by atoms with Gasteiger partial charge in [0, 0.05) is 0 Å². The summed E-state index contributed by atoms with van der Waals surface area (Å²) in [5, 5.41) is 30.0. The van der Waals surface area contributed by atoms with Crippen molar-refractivity contribution in [3.8, 4) is 11.5 Å². The Hall–Kier alpha value is -3.55. The van der Waals surface area contributed by atoms with E-state index in [1.165, 1.54) is 24.3 Å². The second-order valence-electron chi connectivity index (χ2n) is 6.37. The van der Waals surface area contributed by atoms with Gasteiger partial charge >= 0.3 is 23.7 Å². The number of rotatable bonds is 11. The first-order valence-corrected chi connectivity index (χ1v) is 8.98. The van der Waals surface area contributed by atoms with Gasteiger partial charge in [-0.2, -0.15) is 0 Å². The van der Waals surface area contributed by atoms with E-state index in [9.17, 15) is 29.7 Å². The summed E-state index contributed by atoms with van der Waals surface area (Å²) in [5.41, 5.74) is -2.92. The lowest BCUT2D eigenvalue weighted by Crippen LogP contribution is -2.68. The number of ether oxygens (including phenoxy) is 2. The predicted molar refractivity (Wildman–Crippen MR) is 102 cm³/mol. The van der Waals surface area contributed by atoms with Crippen LogP contribution in [0.3, 0.4) is 0 Å². The highest BCUT2D eigenvalue weighted by molar-refractivity contribution is 6.05. The van der Waals surface area contributed by atoms with Gasteiger partial charge in [0.15, 0.2) is 0 Å². The van der Waals surface area contributed by atoms with Crippen molar-refractivity contribution in [2.75, 3.05) is 0 Å². The summed E-state index contributed by atoms with van der Waals surface area (Å²) < 4.78 is 11.1. The monoisotopic (exact) mass is 402 g/mol. The SMILES string of the molecule is CCCCC(C(=O)O)(C(=O)O)C(Oc1ccccc1)(Oc1ccccc1)C(=O)O. The van der Waals surface area contributed by atoms with E-state index in [0.717, 1.165) is 0 Å². The van der Waals surface area contributed by atoms with Crippen molar-refractivity contribution in [2.24, 2.45) is 5.41 Å². The van der Waals surface area contributed by atoms with Crippen LogP contribution in [0.5, 0.6) is 11.5 Å². The van der Waals surface area contributed by atoms with Crippen molar-refractivity contribution in [1.29, 1.82) is 0 Å². The molecular weight excluding hydrogens is 380 g/mol. The van der Waals surface area contributed by atoms with E-state index in [-0.39, 0.29) is 17.9 Å². The molecule has 2 aromatic rings. The average molecular weight is 402 g/mol. The lowest BCUT2D eigenvalue weighted by molar-refractivity contribution is -0.234. The molecule has 0 atom stereocenters. The maximum atomic E-state index is 12.5. The summed E-state index contributed by atoms with van der Waals surface area (Å²) in [7, 11) is 0. The maximum absolute atomic E-state index is 12.5. The van der Waals surface area contributed by atoms with E-state index in [1.807, 2.05) is 0 Å². The van der Waals surface area contributed by atoms with E-state index in [4.69, 9.17) is 9.47 Å². The van der Waals surface area contributed by atoms with Crippen LogP contribution in [-0.4, -0.2) is 39.0 Å². The molecule has 3 N–H and O–H groups in total. The number of unbranched alkanes of at least 4 members (excludes halogenated alkanes) is 1. The quantitative estimate of drug-likeness (QED) is 0.386. The molecule has 29 heavy (non-hydrogen) atoms. The fourth-order valence-corrected chi connectivity index (χ4v) is 2.97. The molecule has 0 amide bonds. The van der Waals surface area contributed by atoms with Crippen LogP contribution in [0, 0.1) is 5.41 Å². The Morgan fingerprint density at radius 2 is 1.17 bits per heavy atom. The van der Waals surface area contributed by atoms with Gasteiger partial charge in [-0.05, 0) is 30.7 Å². The number of carboxylic acid groups (broad SMARTS) is 3. The molecule has 0 spiro atoms. The van der Waals surface area contributed by atoms with Crippen molar-refractivity contribution in [1.82, 2.24) is 0 Å². The molecule has 8 heteroatoms. The topological polar surface area (TPSA) is 130 Å². The number of benzene rings is 2. The first-order valence-electron chi connectivity index (χ1n) is 8.98. The summed E-state index contributed by atoms with van der Waals surface area (Å²) in [6.45, 7) is 1.73. The van der Waals surface area contributed by atoms with Gasteiger partial charge in [0.25, 0.3) is 5.41 Å². The molecule has 154 valence electrons. The van der Waals surface area contributed by atoms with Crippen LogP contribution in [0.4, 0.5) is 0 Å². The van der Waals surface area contributed by atoms with Gasteiger partial charge in [0.05, 0.1) is 0 Å². The van der Waals surface area contributed by atoms with Crippen LogP contribution < -0.4 is 9.47 Å². The third-order valence-electron chi connectivity index (χ3n) is 4.49. The molecule has 0 radical (unpaired) electrons. The summed E-state index contributed by atoms with van der Waals surface area (Å²) >= 11 is 0. The minimum atomic E-state index is -3.07. The molecule has 0 aliphatic rings. The Morgan fingerprint density at radius 3 is 1.48 bits per heavy atom. The van der Waals surface area contributed by atoms with E-state index < -0.39 is 35.5 Å². The summed E-state index contributed by atoms with van der Waals surface area (Å²) in [6.07, 6.45) is 0.0543. The van der Waals surface area contributed by atoms with Crippen molar-refractivity contribution in [3.63, 3.8) is 0 Å². The molecule has 0 heterocycles. The maximum Gasteiger partial charge on any atom is 0.392 e. The number of carbonyl (C=O) groups is 3. The van der Waals surface area contributed by atoms with Gasteiger partial charge in [-0.3, -0.25) is 9.59 Å². The van der Waals surface area contributed by atoms with E-state index in [2.05, 4.69) is 0 Å². The average Bonchev–Trinajstić information content (AvgIpc) is 2.69. The van der Waals surface area contributed by atoms with Gasteiger partial charge < -0.3 is 24.8 Å². The normalized spacial score (nSPS) is 11.5. The van der Waals surface area contributed by atoms with Gasteiger partial charge in [-0.15, -0.1) is 0 Å². The molecular formula is C21H22O8. The molecule has 0 unspecified atom stereocenters. The first-order chi connectivity index (χ1) is 13.8. The fraction of sp³-hybridized carbons (Fsp3) is 0.286. The zero-order chi connectivity index (χ0) is 21.5. The molecule has 0 aliphatic carbocycles. The van der Waals surface area contributed by atoms with Gasteiger partial charge in [-0.25, -0.2) is 4.79 Å². The molecule has 2 rings (SSSR count). The zero-order valence-electron chi connectivity index (χ0n) is 15.8. The molecule has 0 aliphatic heterocycles. The molecule has 0 aromatic heterocycles. The van der Waals surface area contributed by atoms with Crippen molar-refractivity contribution < 1.29 is 39.2 Å². The molecule has 0 saturated heterocycles. The van der Waals surface area contributed by atoms with Crippen LogP contribution >= 0.6 is 0 Å². The molecule has 8 nitrogen and oxygen atoms in total. The second-order valence-corrected chi connectivity index (χ2v) is 6.37. The molecule has 0 bridgehead atoms. The molecule has 0 fully saturated rings. The van der Waals surface area contributed by atoms with Crippen molar-refractivity contribution in [3.05, 3.63) is 60.7 Å². The Kier molecular flexibility index (Phi) is 6.82. The second kappa shape index (κ2) is 9.09. The Bertz CT molecular complexity index is 792. The first kappa shape index (κ1) is 21.7. The molecule has 2 aromatic carbocycles. The van der Waals surface area contributed by atoms with E-state index in [1.54, 1.807) is 43.3 Å². The molecule has 0 saturated carbocycles. The third kappa shape index (κ3) is 4.16. The Balaban J connectivity index is 2.77. The van der Waals surface area contributed by atoms with Crippen molar-refractivity contribution >= 4 is 17.9 Å². The number of para-hydroxylation sites is 2. The van der Waals surface area contributed by atoms with Crippen molar-refractivity contribution in [2.45, 2.75) is 32.0 Å².